The van der Waals surface area contributed by atoms with Crippen LogP contribution in [0.25, 0.3) is 0 Å². The number of nitrogens with two attached hydrogens (primary N) is 1. The van der Waals surface area contributed by atoms with Gasteiger partial charge in [-0.2, -0.15) is 0 Å². The first-order chi connectivity index (χ1) is 6.74. The van der Waals surface area contributed by atoms with Gasteiger partial charge in [0, 0.05) is 19.6 Å². The summed E-state index contributed by atoms with van der Waals surface area (Å²) < 4.78 is 4.74. The van der Waals surface area contributed by atoms with E-state index < -0.39 is 0 Å². The summed E-state index contributed by atoms with van der Waals surface area (Å²) in [5, 5.41) is 0. The van der Waals surface area contributed by atoms with E-state index in [0.29, 0.717) is 6.42 Å². The Morgan fingerprint density at radius 2 is 2.07 bits per heavy atom. The van der Waals surface area contributed by atoms with Crippen LogP contribution in [0.15, 0.2) is 30.3 Å². The topological polar surface area (TPSA) is 52.3 Å². The molecule has 1 aromatic rings. The Balaban J connectivity index is 2.50. The predicted molar refractivity (Wildman–Crippen MR) is 54.9 cm³/mol. The highest BCUT2D eigenvalue weighted by molar-refractivity contribution is 5.80. The average Bonchev–Trinajstić information content (AvgIpc) is 2.19. The lowest BCUT2D eigenvalue weighted by Gasteiger charge is -2.10. The van der Waals surface area contributed by atoms with Crippen molar-refractivity contribution in [2.75, 3.05) is 13.7 Å². The SMILES string of the molecule is COCC(=O)CC(N)c1ccccc1. The first-order valence-corrected chi connectivity index (χ1v) is 4.55. The molecule has 2 N–H and O–H groups in total. The molecule has 0 bridgehead atoms. The second-order valence-corrected chi connectivity index (χ2v) is 3.19. The number of carbonyl (C=O) groups excluding carboxylic acids is 1. The second kappa shape index (κ2) is 5.52. The number of carbonyl (C=O) groups is 1. The van der Waals surface area contributed by atoms with Gasteiger partial charge in [-0.25, -0.2) is 0 Å². The monoisotopic (exact) mass is 193 g/mol. The van der Waals surface area contributed by atoms with Gasteiger partial charge in [0.05, 0.1) is 0 Å². The first kappa shape index (κ1) is 10.9. The maximum absolute atomic E-state index is 11.2. The van der Waals surface area contributed by atoms with Crippen molar-refractivity contribution in [2.24, 2.45) is 5.73 Å². The zero-order valence-electron chi connectivity index (χ0n) is 8.27. The molecule has 1 rings (SSSR count). The Labute approximate surface area is 83.9 Å². The lowest BCUT2D eigenvalue weighted by Crippen LogP contribution is -2.18. The van der Waals surface area contributed by atoms with Crippen molar-refractivity contribution >= 4 is 5.78 Å². The lowest BCUT2D eigenvalue weighted by molar-refractivity contribution is -0.123. The standard InChI is InChI=1S/C11H15NO2/c1-14-8-10(13)7-11(12)9-5-3-2-4-6-9/h2-6,11H,7-8,12H2,1H3. The van der Waals surface area contributed by atoms with Crippen LogP contribution in [0.3, 0.4) is 0 Å². The van der Waals surface area contributed by atoms with E-state index in [2.05, 4.69) is 0 Å². The molecule has 0 aliphatic carbocycles. The van der Waals surface area contributed by atoms with Gasteiger partial charge in [-0.05, 0) is 5.56 Å². The molecule has 3 heteroatoms. The van der Waals surface area contributed by atoms with Crippen molar-refractivity contribution < 1.29 is 9.53 Å². The molecule has 3 nitrogen and oxygen atoms in total. The molecule has 0 saturated heterocycles. The molecular weight excluding hydrogens is 178 g/mol. The fraction of sp³-hybridized carbons (Fsp3) is 0.364. The van der Waals surface area contributed by atoms with E-state index in [0.717, 1.165) is 5.56 Å². The third-order valence-electron chi connectivity index (χ3n) is 1.98. The Kier molecular flexibility index (Phi) is 4.29. The maximum Gasteiger partial charge on any atom is 0.160 e. The number of ketones is 1. The third-order valence-corrected chi connectivity index (χ3v) is 1.98. The Morgan fingerprint density at radius 3 is 2.64 bits per heavy atom. The average molecular weight is 193 g/mol. The smallest absolute Gasteiger partial charge is 0.160 e. The third kappa shape index (κ3) is 3.28. The molecule has 0 spiro atoms. The van der Waals surface area contributed by atoms with Crippen molar-refractivity contribution in [1.82, 2.24) is 0 Å². The highest BCUT2D eigenvalue weighted by atomic mass is 16.5. The predicted octanol–water partition coefficient (Wildman–Crippen LogP) is 1.29. The van der Waals surface area contributed by atoms with Gasteiger partial charge in [0.1, 0.15) is 6.61 Å². The molecule has 0 amide bonds. The van der Waals surface area contributed by atoms with Crippen LogP contribution in [-0.2, 0) is 9.53 Å². The minimum atomic E-state index is -0.223. The van der Waals surface area contributed by atoms with E-state index in [4.69, 9.17) is 10.5 Å². The summed E-state index contributed by atoms with van der Waals surface area (Å²) in [5.74, 6) is 0.0313. The molecule has 0 fully saturated rings. The summed E-state index contributed by atoms with van der Waals surface area (Å²) in [6.07, 6.45) is 0.331. The highest BCUT2D eigenvalue weighted by Gasteiger charge is 2.10. The van der Waals surface area contributed by atoms with Crippen LogP contribution in [0.5, 0.6) is 0 Å². The number of rotatable bonds is 5. The number of ether oxygens (including phenoxy) is 1. The van der Waals surface area contributed by atoms with Crippen LogP contribution >= 0.6 is 0 Å². The summed E-state index contributed by atoms with van der Waals surface area (Å²) in [5.41, 5.74) is 6.83. The van der Waals surface area contributed by atoms with E-state index in [1.165, 1.54) is 7.11 Å². The number of methoxy groups -OCH3 is 1. The van der Waals surface area contributed by atoms with E-state index in [-0.39, 0.29) is 18.4 Å². The quantitative estimate of drug-likeness (QED) is 0.766. The van der Waals surface area contributed by atoms with Crippen molar-refractivity contribution in [1.29, 1.82) is 0 Å². The number of Topliss-reactive ketones (excluding diaryl/α,β-unsaturated/α-hetero) is 1. The molecule has 0 heterocycles. The molecule has 0 aromatic heterocycles. The van der Waals surface area contributed by atoms with Gasteiger partial charge in [0.25, 0.3) is 0 Å². The Hall–Kier alpha value is -1.19. The van der Waals surface area contributed by atoms with Gasteiger partial charge >= 0.3 is 0 Å². The second-order valence-electron chi connectivity index (χ2n) is 3.19. The van der Waals surface area contributed by atoms with Gasteiger partial charge in [0.15, 0.2) is 5.78 Å². The van der Waals surface area contributed by atoms with Crippen LogP contribution in [0, 0.1) is 0 Å². The van der Waals surface area contributed by atoms with E-state index in [1.54, 1.807) is 0 Å². The number of hydrogen-bond donors (Lipinski definition) is 1. The summed E-state index contributed by atoms with van der Waals surface area (Å²) >= 11 is 0. The van der Waals surface area contributed by atoms with Crippen LogP contribution in [0.1, 0.15) is 18.0 Å². The molecular formula is C11H15NO2. The molecule has 76 valence electrons. The molecule has 0 saturated carbocycles. The van der Waals surface area contributed by atoms with Crippen molar-refractivity contribution in [3.8, 4) is 0 Å². The van der Waals surface area contributed by atoms with Crippen LogP contribution in [0.4, 0.5) is 0 Å². The molecule has 1 aromatic carbocycles. The molecule has 1 atom stereocenters. The zero-order chi connectivity index (χ0) is 10.4. The van der Waals surface area contributed by atoms with Gasteiger partial charge in [-0.15, -0.1) is 0 Å². The zero-order valence-corrected chi connectivity index (χ0v) is 8.27. The fourth-order valence-electron chi connectivity index (χ4n) is 1.28. The Morgan fingerprint density at radius 1 is 1.43 bits per heavy atom. The van der Waals surface area contributed by atoms with Crippen molar-refractivity contribution in [3.05, 3.63) is 35.9 Å². The van der Waals surface area contributed by atoms with Gasteiger partial charge in [-0.3, -0.25) is 4.79 Å². The molecule has 1 unspecified atom stereocenters. The lowest BCUT2D eigenvalue weighted by atomic mass is 10.0. The minimum absolute atomic E-state index is 0.0313. The van der Waals surface area contributed by atoms with E-state index in [9.17, 15) is 4.79 Å². The van der Waals surface area contributed by atoms with Gasteiger partial charge in [-0.1, -0.05) is 30.3 Å². The van der Waals surface area contributed by atoms with Gasteiger partial charge < -0.3 is 10.5 Å². The summed E-state index contributed by atoms with van der Waals surface area (Å²) in [7, 11) is 1.51. The number of hydrogen-bond acceptors (Lipinski definition) is 3. The molecule has 14 heavy (non-hydrogen) atoms. The largest absolute Gasteiger partial charge is 0.377 e. The van der Waals surface area contributed by atoms with Gasteiger partial charge in [0.2, 0.25) is 0 Å². The van der Waals surface area contributed by atoms with Crippen LogP contribution in [-0.4, -0.2) is 19.5 Å². The van der Waals surface area contributed by atoms with Crippen LogP contribution < -0.4 is 5.73 Å². The first-order valence-electron chi connectivity index (χ1n) is 4.55. The normalized spacial score (nSPS) is 12.4. The van der Waals surface area contributed by atoms with E-state index >= 15 is 0 Å². The van der Waals surface area contributed by atoms with E-state index in [1.807, 2.05) is 30.3 Å². The molecule has 0 aliphatic heterocycles. The minimum Gasteiger partial charge on any atom is -0.377 e. The summed E-state index contributed by atoms with van der Waals surface area (Å²) in [6, 6.07) is 9.37. The number of benzene rings is 1. The molecule has 0 aliphatic rings. The fourth-order valence-corrected chi connectivity index (χ4v) is 1.28. The maximum atomic E-state index is 11.2. The highest BCUT2D eigenvalue weighted by Crippen LogP contribution is 2.13. The van der Waals surface area contributed by atoms with Crippen molar-refractivity contribution in [2.45, 2.75) is 12.5 Å². The Bertz CT molecular complexity index is 285. The summed E-state index contributed by atoms with van der Waals surface area (Å²) in [4.78, 5) is 11.2. The molecule has 0 radical (unpaired) electrons. The van der Waals surface area contributed by atoms with Crippen LogP contribution in [0.2, 0.25) is 0 Å². The summed E-state index contributed by atoms with van der Waals surface area (Å²) in [6.45, 7) is 0.139. The van der Waals surface area contributed by atoms with Crippen molar-refractivity contribution in [3.63, 3.8) is 0 Å².